The van der Waals surface area contributed by atoms with Crippen molar-refractivity contribution in [2.24, 2.45) is 0 Å². The maximum atomic E-state index is 12.4. The van der Waals surface area contributed by atoms with Crippen molar-refractivity contribution < 1.29 is 9.90 Å². The van der Waals surface area contributed by atoms with Gasteiger partial charge in [-0.05, 0) is 30.4 Å². The summed E-state index contributed by atoms with van der Waals surface area (Å²) in [5.74, 6) is -0.245. The highest BCUT2D eigenvalue weighted by atomic mass is 16.3. The quantitative estimate of drug-likeness (QED) is 0.729. The SMILES string of the molecule is CCC(C(O)C(=O)NC1CC1)N(Cc1ccccc1)Cc1ccccc1. The molecular formula is C22H28N2O2. The Hall–Kier alpha value is -2.17. The summed E-state index contributed by atoms with van der Waals surface area (Å²) in [6, 6.07) is 20.5. The van der Waals surface area contributed by atoms with Crippen LogP contribution in [0.4, 0.5) is 0 Å². The van der Waals surface area contributed by atoms with Crippen LogP contribution in [-0.4, -0.2) is 34.1 Å². The predicted octanol–water partition coefficient (Wildman–Crippen LogP) is 3.11. The number of nitrogens with zero attached hydrogens (tertiary/aromatic N) is 1. The topological polar surface area (TPSA) is 52.6 Å². The van der Waals surface area contributed by atoms with Crippen molar-refractivity contribution in [1.29, 1.82) is 0 Å². The lowest BCUT2D eigenvalue weighted by Gasteiger charge is -2.34. The molecule has 138 valence electrons. The highest BCUT2D eigenvalue weighted by Crippen LogP contribution is 2.21. The second kappa shape index (κ2) is 8.97. The molecule has 2 aromatic carbocycles. The molecule has 2 atom stereocenters. The second-order valence-corrected chi connectivity index (χ2v) is 7.08. The number of amides is 1. The van der Waals surface area contributed by atoms with Crippen LogP contribution < -0.4 is 5.32 Å². The first-order valence-corrected chi connectivity index (χ1v) is 9.47. The molecule has 2 unspecified atom stereocenters. The van der Waals surface area contributed by atoms with Gasteiger partial charge in [0.15, 0.2) is 0 Å². The predicted molar refractivity (Wildman–Crippen MR) is 103 cm³/mol. The molecule has 0 aromatic heterocycles. The van der Waals surface area contributed by atoms with Gasteiger partial charge >= 0.3 is 0 Å². The van der Waals surface area contributed by atoms with E-state index in [0.29, 0.717) is 19.5 Å². The van der Waals surface area contributed by atoms with Crippen molar-refractivity contribution in [3.8, 4) is 0 Å². The molecule has 0 aliphatic heterocycles. The zero-order chi connectivity index (χ0) is 18.4. The minimum Gasteiger partial charge on any atom is -0.382 e. The molecule has 0 bridgehead atoms. The van der Waals surface area contributed by atoms with Crippen molar-refractivity contribution in [2.75, 3.05) is 0 Å². The maximum Gasteiger partial charge on any atom is 0.250 e. The Morgan fingerprint density at radius 2 is 1.54 bits per heavy atom. The van der Waals surface area contributed by atoms with E-state index in [9.17, 15) is 9.90 Å². The van der Waals surface area contributed by atoms with E-state index >= 15 is 0 Å². The largest absolute Gasteiger partial charge is 0.382 e. The first-order valence-electron chi connectivity index (χ1n) is 9.47. The first kappa shape index (κ1) is 18.6. The molecule has 4 heteroatoms. The lowest BCUT2D eigenvalue weighted by Crippen LogP contribution is -2.50. The Morgan fingerprint density at radius 3 is 1.96 bits per heavy atom. The molecule has 2 aromatic rings. The molecule has 0 saturated heterocycles. The highest BCUT2D eigenvalue weighted by Gasteiger charge is 2.33. The summed E-state index contributed by atoms with van der Waals surface area (Å²) in [6.07, 6.45) is 1.73. The van der Waals surface area contributed by atoms with E-state index in [1.165, 1.54) is 11.1 Å². The zero-order valence-corrected chi connectivity index (χ0v) is 15.3. The molecule has 1 fully saturated rings. The number of hydrogen-bond acceptors (Lipinski definition) is 3. The lowest BCUT2D eigenvalue weighted by atomic mass is 10.0. The fourth-order valence-corrected chi connectivity index (χ4v) is 3.30. The third-order valence-corrected chi connectivity index (χ3v) is 4.90. The Balaban J connectivity index is 1.77. The Morgan fingerprint density at radius 1 is 1.04 bits per heavy atom. The van der Waals surface area contributed by atoms with Gasteiger partial charge in [0, 0.05) is 25.2 Å². The van der Waals surface area contributed by atoms with E-state index in [1.54, 1.807) is 0 Å². The van der Waals surface area contributed by atoms with Crippen molar-refractivity contribution in [1.82, 2.24) is 10.2 Å². The van der Waals surface area contributed by atoms with Gasteiger partial charge in [-0.15, -0.1) is 0 Å². The molecule has 3 rings (SSSR count). The lowest BCUT2D eigenvalue weighted by molar-refractivity contribution is -0.133. The van der Waals surface area contributed by atoms with Crippen LogP contribution in [0.1, 0.15) is 37.3 Å². The average molecular weight is 352 g/mol. The first-order chi connectivity index (χ1) is 12.7. The van der Waals surface area contributed by atoms with Crippen molar-refractivity contribution in [2.45, 2.75) is 57.5 Å². The van der Waals surface area contributed by atoms with E-state index in [1.807, 2.05) is 43.3 Å². The van der Waals surface area contributed by atoms with Crippen LogP contribution in [0, 0.1) is 0 Å². The maximum absolute atomic E-state index is 12.4. The number of benzene rings is 2. The molecule has 1 amide bonds. The summed E-state index contributed by atoms with van der Waals surface area (Å²) in [7, 11) is 0. The van der Waals surface area contributed by atoms with E-state index in [0.717, 1.165) is 12.8 Å². The van der Waals surface area contributed by atoms with Gasteiger partial charge in [-0.2, -0.15) is 0 Å². The molecule has 1 aliphatic carbocycles. The molecular weight excluding hydrogens is 324 g/mol. The minimum atomic E-state index is -1.02. The minimum absolute atomic E-state index is 0.228. The molecule has 0 radical (unpaired) electrons. The Labute approximate surface area is 155 Å². The van der Waals surface area contributed by atoms with Gasteiger partial charge in [-0.25, -0.2) is 0 Å². The van der Waals surface area contributed by atoms with Gasteiger partial charge in [0.1, 0.15) is 6.10 Å². The van der Waals surface area contributed by atoms with E-state index in [4.69, 9.17) is 0 Å². The van der Waals surface area contributed by atoms with Crippen LogP contribution in [0.25, 0.3) is 0 Å². The van der Waals surface area contributed by atoms with Crippen LogP contribution in [0.2, 0.25) is 0 Å². The summed E-state index contributed by atoms with van der Waals surface area (Å²) >= 11 is 0. The number of hydrogen-bond donors (Lipinski definition) is 2. The summed E-state index contributed by atoms with van der Waals surface area (Å²) < 4.78 is 0. The number of rotatable bonds is 9. The van der Waals surface area contributed by atoms with Crippen LogP contribution in [0.15, 0.2) is 60.7 Å². The number of carbonyl (C=O) groups is 1. The molecule has 1 saturated carbocycles. The van der Waals surface area contributed by atoms with Gasteiger partial charge in [0.05, 0.1) is 0 Å². The fraction of sp³-hybridized carbons (Fsp3) is 0.409. The standard InChI is InChI=1S/C22H28N2O2/c1-2-20(21(25)22(26)23-19-13-14-19)24(15-17-9-5-3-6-10-17)16-18-11-7-4-8-12-18/h3-12,19-21,25H,2,13-16H2,1H3,(H,23,26). The summed E-state index contributed by atoms with van der Waals surface area (Å²) in [6.45, 7) is 3.42. The molecule has 0 spiro atoms. The Kier molecular flexibility index (Phi) is 6.42. The second-order valence-electron chi connectivity index (χ2n) is 7.08. The van der Waals surface area contributed by atoms with Gasteiger partial charge in [0.2, 0.25) is 0 Å². The third-order valence-electron chi connectivity index (χ3n) is 4.90. The van der Waals surface area contributed by atoms with Crippen LogP contribution >= 0.6 is 0 Å². The number of aliphatic hydroxyl groups excluding tert-OH is 1. The highest BCUT2D eigenvalue weighted by molar-refractivity contribution is 5.81. The molecule has 0 heterocycles. The van der Waals surface area contributed by atoms with E-state index < -0.39 is 6.10 Å². The zero-order valence-electron chi connectivity index (χ0n) is 15.3. The smallest absolute Gasteiger partial charge is 0.250 e. The summed E-state index contributed by atoms with van der Waals surface area (Å²) in [4.78, 5) is 14.6. The molecule has 1 aliphatic rings. The molecule has 26 heavy (non-hydrogen) atoms. The molecule has 2 N–H and O–H groups in total. The Bertz CT molecular complexity index is 644. The average Bonchev–Trinajstić information content (AvgIpc) is 3.48. The number of aliphatic hydroxyl groups is 1. The van der Waals surface area contributed by atoms with Crippen molar-refractivity contribution in [3.63, 3.8) is 0 Å². The van der Waals surface area contributed by atoms with Gasteiger partial charge < -0.3 is 10.4 Å². The summed E-state index contributed by atoms with van der Waals surface area (Å²) in [5.41, 5.74) is 2.35. The van der Waals surface area contributed by atoms with Crippen molar-refractivity contribution in [3.05, 3.63) is 71.8 Å². The summed E-state index contributed by atoms with van der Waals surface area (Å²) in [5, 5.41) is 13.7. The molecule has 4 nitrogen and oxygen atoms in total. The fourth-order valence-electron chi connectivity index (χ4n) is 3.30. The van der Waals surface area contributed by atoms with E-state index in [-0.39, 0.29) is 18.0 Å². The normalized spacial score (nSPS) is 16.3. The number of carbonyl (C=O) groups excluding carboxylic acids is 1. The van der Waals surface area contributed by atoms with Gasteiger partial charge in [-0.3, -0.25) is 9.69 Å². The monoisotopic (exact) mass is 352 g/mol. The third kappa shape index (κ3) is 5.16. The van der Waals surface area contributed by atoms with Crippen LogP contribution in [0.3, 0.4) is 0 Å². The van der Waals surface area contributed by atoms with Gasteiger partial charge in [-0.1, -0.05) is 67.6 Å². The van der Waals surface area contributed by atoms with Gasteiger partial charge in [0.25, 0.3) is 5.91 Å². The van der Waals surface area contributed by atoms with Crippen LogP contribution in [-0.2, 0) is 17.9 Å². The number of nitrogens with one attached hydrogen (secondary N) is 1. The van der Waals surface area contributed by atoms with E-state index in [2.05, 4.69) is 34.5 Å². The van der Waals surface area contributed by atoms with Crippen LogP contribution in [0.5, 0.6) is 0 Å². The van der Waals surface area contributed by atoms with Crippen molar-refractivity contribution >= 4 is 5.91 Å².